The van der Waals surface area contributed by atoms with Crippen LogP contribution < -0.4 is 0 Å². The second kappa shape index (κ2) is 2.77. The van der Waals surface area contributed by atoms with Gasteiger partial charge in [-0.2, -0.15) is 0 Å². The first-order chi connectivity index (χ1) is 4.33. The van der Waals surface area contributed by atoms with E-state index in [2.05, 4.69) is 21.0 Å². The van der Waals surface area contributed by atoms with Crippen LogP contribution in [0.25, 0.3) is 0 Å². The van der Waals surface area contributed by atoms with Gasteiger partial charge in [-0.3, -0.25) is 0 Å². The molecule has 0 bridgehead atoms. The smallest absolute Gasteiger partial charge is 0.0920 e. The normalized spacial score (nSPS) is 21.6. The van der Waals surface area contributed by atoms with Gasteiger partial charge in [0, 0.05) is 0 Å². The predicted molar refractivity (Wildman–Crippen MR) is 43.0 cm³/mol. The van der Waals surface area contributed by atoms with Crippen LogP contribution >= 0.6 is 0 Å². The zero-order valence-electron chi connectivity index (χ0n) is 6.61. The van der Waals surface area contributed by atoms with Gasteiger partial charge in [0.1, 0.15) is 7.28 Å². The van der Waals surface area contributed by atoms with Crippen LogP contribution in [0, 0.1) is 5.41 Å². The molecule has 0 aromatic rings. The average Bonchev–Trinajstić information content (AvgIpc) is 2.65. The van der Waals surface area contributed by atoms with Crippen molar-refractivity contribution < 1.29 is 0 Å². The SMILES string of the molecule is C[B]CCC1(CC)CC1. The van der Waals surface area contributed by atoms with Crippen molar-refractivity contribution in [1.82, 2.24) is 0 Å². The Bertz CT molecular complexity index is 84.6. The van der Waals surface area contributed by atoms with Gasteiger partial charge in [0.15, 0.2) is 0 Å². The van der Waals surface area contributed by atoms with E-state index in [-0.39, 0.29) is 0 Å². The molecule has 0 nitrogen and oxygen atoms in total. The van der Waals surface area contributed by atoms with Crippen LogP contribution in [-0.2, 0) is 0 Å². The predicted octanol–water partition coefficient (Wildman–Crippen LogP) is 2.74. The van der Waals surface area contributed by atoms with Crippen LogP contribution in [0.3, 0.4) is 0 Å². The maximum atomic E-state index is 2.32. The molecular formula is C8H16B. The molecule has 0 heterocycles. The molecule has 1 rings (SSSR count). The molecule has 0 aromatic heterocycles. The van der Waals surface area contributed by atoms with Gasteiger partial charge < -0.3 is 0 Å². The molecular weight excluding hydrogens is 107 g/mol. The molecule has 1 fully saturated rings. The first-order valence-electron chi connectivity index (χ1n) is 4.11. The minimum atomic E-state index is 0.812. The Morgan fingerprint density at radius 3 is 2.44 bits per heavy atom. The highest BCUT2D eigenvalue weighted by atomic mass is 14.4. The molecule has 1 radical (unpaired) electrons. The van der Waals surface area contributed by atoms with Crippen LogP contribution in [-0.4, -0.2) is 7.28 Å². The molecule has 0 spiro atoms. The molecule has 1 aliphatic rings. The molecule has 0 N–H and O–H groups in total. The molecule has 1 saturated carbocycles. The lowest BCUT2D eigenvalue weighted by Crippen LogP contribution is -1.98. The van der Waals surface area contributed by atoms with Crippen molar-refractivity contribution in [2.75, 3.05) is 0 Å². The molecule has 0 aliphatic heterocycles. The summed E-state index contributed by atoms with van der Waals surface area (Å²) in [6.07, 6.45) is 7.17. The second-order valence-corrected chi connectivity index (χ2v) is 3.30. The summed E-state index contributed by atoms with van der Waals surface area (Å²) >= 11 is 0. The van der Waals surface area contributed by atoms with Crippen molar-refractivity contribution in [2.24, 2.45) is 5.41 Å². The van der Waals surface area contributed by atoms with Crippen molar-refractivity contribution >= 4 is 7.28 Å². The highest BCUT2D eigenvalue weighted by Crippen LogP contribution is 2.52. The fraction of sp³-hybridized carbons (Fsp3) is 1.00. The van der Waals surface area contributed by atoms with E-state index in [0.29, 0.717) is 0 Å². The summed E-state index contributed by atoms with van der Waals surface area (Å²) in [5.41, 5.74) is 0.812. The van der Waals surface area contributed by atoms with E-state index in [1.807, 2.05) is 0 Å². The maximum Gasteiger partial charge on any atom is 0.105 e. The summed E-state index contributed by atoms with van der Waals surface area (Å²) in [6, 6.07) is 0. The summed E-state index contributed by atoms with van der Waals surface area (Å²) < 4.78 is 0. The van der Waals surface area contributed by atoms with E-state index in [1.54, 1.807) is 0 Å². The standard InChI is InChI=1S/C8H16B/c1-3-8(4-5-8)6-7-9-2/h3-7H2,1-2H3. The van der Waals surface area contributed by atoms with Gasteiger partial charge in [0.25, 0.3) is 0 Å². The molecule has 9 heavy (non-hydrogen) atoms. The summed E-state index contributed by atoms with van der Waals surface area (Å²) in [4.78, 5) is 0. The highest BCUT2D eigenvalue weighted by Gasteiger charge is 2.39. The van der Waals surface area contributed by atoms with E-state index in [4.69, 9.17) is 0 Å². The lowest BCUT2D eigenvalue weighted by Gasteiger charge is -2.09. The molecule has 0 aromatic carbocycles. The Kier molecular flexibility index (Phi) is 2.20. The molecule has 1 heteroatoms. The quantitative estimate of drug-likeness (QED) is 0.504. The molecule has 1 aliphatic carbocycles. The lowest BCUT2D eigenvalue weighted by molar-refractivity contribution is 0.473. The Balaban J connectivity index is 2.10. The minimum absolute atomic E-state index is 0.812. The second-order valence-electron chi connectivity index (χ2n) is 3.30. The third kappa shape index (κ3) is 1.74. The van der Waals surface area contributed by atoms with Crippen LogP contribution in [0.1, 0.15) is 32.6 Å². The molecule has 0 unspecified atom stereocenters. The van der Waals surface area contributed by atoms with E-state index >= 15 is 0 Å². The largest absolute Gasteiger partial charge is 0.105 e. The average molecular weight is 123 g/mol. The molecule has 0 atom stereocenters. The van der Waals surface area contributed by atoms with E-state index in [0.717, 1.165) is 5.41 Å². The van der Waals surface area contributed by atoms with Gasteiger partial charge in [0.05, 0.1) is 0 Å². The van der Waals surface area contributed by atoms with Crippen molar-refractivity contribution in [3.8, 4) is 0 Å². The van der Waals surface area contributed by atoms with Crippen LogP contribution in [0.2, 0.25) is 13.1 Å². The van der Waals surface area contributed by atoms with Crippen molar-refractivity contribution in [3.05, 3.63) is 0 Å². The first kappa shape index (κ1) is 7.18. The third-order valence-corrected chi connectivity index (χ3v) is 2.67. The summed E-state index contributed by atoms with van der Waals surface area (Å²) in [5.74, 6) is 0. The zero-order valence-corrected chi connectivity index (χ0v) is 6.61. The summed E-state index contributed by atoms with van der Waals surface area (Å²) in [7, 11) is 2.29. The lowest BCUT2D eigenvalue weighted by atomic mass is 9.73. The fourth-order valence-corrected chi connectivity index (χ4v) is 1.41. The van der Waals surface area contributed by atoms with Gasteiger partial charge in [-0.05, 0) is 18.3 Å². The Hall–Kier alpha value is 0.0649. The Morgan fingerprint density at radius 1 is 1.44 bits per heavy atom. The number of hydrogen-bond donors (Lipinski definition) is 0. The summed E-state index contributed by atoms with van der Waals surface area (Å²) in [5, 5.41) is 0. The first-order valence-corrected chi connectivity index (χ1v) is 4.11. The fourth-order valence-electron chi connectivity index (χ4n) is 1.41. The van der Waals surface area contributed by atoms with Crippen molar-refractivity contribution in [2.45, 2.75) is 45.8 Å². The number of rotatable bonds is 4. The van der Waals surface area contributed by atoms with Gasteiger partial charge in [-0.1, -0.05) is 32.9 Å². The van der Waals surface area contributed by atoms with Gasteiger partial charge in [-0.25, -0.2) is 0 Å². The number of hydrogen-bond acceptors (Lipinski definition) is 0. The van der Waals surface area contributed by atoms with Crippen LogP contribution in [0.15, 0.2) is 0 Å². The molecule has 0 saturated heterocycles. The zero-order chi connectivity index (χ0) is 6.74. The minimum Gasteiger partial charge on any atom is -0.0920 e. The summed E-state index contributed by atoms with van der Waals surface area (Å²) in [6.45, 7) is 4.48. The van der Waals surface area contributed by atoms with E-state index in [1.165, 1.54) is 32.0 Å². The van der Waals surface area contributed by atoms with Crippen molar-refractivity contribution in [1.29, 1.82) is 0 Å². The maximum absolute atomic E-state index is 2.32. The molecule has 0 amide bonds. The van der Waals surface area contributed by atoms with Gasteiger partial charge >= 0.3 is 0 Å². The third-order valence-electron chi connectivity index (χ3n) is 2.67. The Morgan fingerprint density at radius 2 is 2.11 bits per heavy atom. The highest BCUT2D eigenvalue weighted by molar-refractivity contribution is 6.33. The van der Waals surface area contributed by atoms with E-state index in [9.17, 15) is 0 Å². The van der Waals surface area contributed by atoms with E-state index < -0.39 is 0 Å². The van der Waals surface area contributed by atoms with Gasteiger partial charge in [-0.15, -0.1) is 0 Å². The molecule has 51 valence electrons. The van der Waals surface area contributed by atoms with Crippen LogP contribution in [0.5, 0.6) is 0 Å². The topological polar surface area (TPSA) is 0 Å². The monoisotopic (exact) mass is 123 g/mol. The van der Waals surface area contributed by atoms with Crippen molar-refractivity contribution in [3.63, 3.8) is 0 Å². The van der Waals surface area contributed by atoms with Crippen LogP contribution in [0.4, 0.5) is 0 Å². The van der Waals surface area contributed by atoms with Gasteiger partial charge in [0.2, 0.25) is 0 Å². The Labute approximate surface area is 59.3 Å².